The Bertz CT molecular complexity index is 1100. The largest absolute Gasteiger partial charge is 0.274 e. The monoisotopic (exact) mass is 478 g/mol. The third kappa shape index (κ3) is 4.44. The normalized spacial score (nSPS) is 20.7. The highest BCUT2D eigenvalue weighted by Crippen LogP contribution is 2.35. The van der Waals surface area contributed by atoms with Gasteiger partial charge in [0.25, 0.3) is 5.91 Å². The molecule has 1 saturated heterocycles. The first-order valence-electron chi connectivity index (χ1n) is 10.7. The number of benzene rings is 2. The van der Waals surface area contributed by atoms with Crippen molar-refractivity contribution in [2.24, 2.45) is 0 Å². The van der Waals surface area contributed by atoms with Crippen LogP contribution in [0.3, 0.4) is 0 Å². The van der Waals surface area contributed by atoms with Gasteiger partial charge in [-0.1, -0.05) is 37.3 Å². The first-order valence-corrected chi connectivity index (χ1v) is 12.5. The standard InChI is InChI=1S/C23H24ClFN2O4S/c24-16-7-11-18(12-8-16)26-22(28)15-21(23(26)29)27(19-5-3-1-2-4-6-19)32(30,31)20-13-9-17(25)10-14-20/h7-14,19,21H,1-6,15H2. The zero-order valence-electron chi connectivity index (χ0n) is 17.4. The van der Waals surface area contributed by atoms with Crippen LogP contribution in [0.4, 0.5) is 10.1 Å². The molecule has 2 aromatic carbocycles. The van der Waals surface area contributed by atoms with Crippen LogP contribution >= 0.6 is 11.6 Å². The molecule has 1 heterocycles. The van der Waals surface area contributed by atoms with E-state index in [9.17, 15) is 22.4 Å². The minimum absolute atomic E-state index is 0.0895. The smallest absolute Gasteiger partial charge is 0.252 e. The number of carbonyl (C=O) groups excluding carboxylic acids is 2. The van der Waals surface area contributed by atoms with E-state index in [1.54, 1.807) is 24.3 Å². The van der Waals surface area contributed by atoms with Gasteiger partial charge in [-0.25, -0.2) is 17.7 Å². The van der Waals surface area contributed by atoms with E-state index in [0.717, 1.165) is 42.7 Å². The lowest BCUT2D eigenvalue weighted by atomic mass is 10.1. The molecule has 2 fully saturated rings. The molecule has 2 aromatic rings. The van der Waals surface area contributed by atoms with Crippen LogP contribution in [0, 0.1) is 5.82 Å². The van der Waals surface area contributed by atoms with Crippen LogP contribution in [0.2, 0.25) is 5.02 Å². The number of imide groups is 1. The van der Waals surface area contributed by atoms with E-state index in [1.165, 1.54) is 16.4 Å². The van der Waals surface area contributed by atoms with E-state index >= 15 is 0 Å². The van der Waals surface area contributed by atoms with E-state index in [2.05, 4.69) is 0 Å². The number of nitrogens with zero attached hydrogens (tertiary/aromatic N) is 2. The molecular formula is C23H24ClFN2O4S. The molecule has 6 nitrogen and oxygen atoms in total. The van der Waals surface area contributed by atoms with Crippen molar-refractivity contribution in [3.8, 4) is 0 Å². The number of rotatable bonds is 5. The zero-order chi connectivity index (χ0) is 22.9. The average Bonchev–Trinajstić information content (AvgIpc) is 2.93. The van der Waals surface area contributed by atoms with Crippen LogP contribution in [0.15, 0.2) is 53.4 Å². The maximum Gasteiger partial charge on any atom is 0.252 e. The van der Waals surface area contributed by atoms with Crippen molar-refractivity contribution >= 4 is 39.1 Å². The molecule has 170 valence electrons. The van der Waals surface area contributed by atoms with Crippen LogP contribution in [0.1, 0.15) is 44.9 Å². The fourth-order valence-corrected chi connectivity index (χ4v) is 6.49. The van der Waals surface area contributed by atoms with Gasteiger partial charge in [-0.15, -0.1) is 0 Å². The maximum atomic E-state index is 13.7. The van der Waals surface area contributed by atoms with Crippen molar-refractivity contribution in [3.05, 3.63) is 59.4 Å². The SMILES string of the molecule is O=C1CC(N(C2CCCCCC2)S(=O)(=O)c2ccc(F)cc2)C(=O)N1c1ccc(Cl)cc1. The van der Waals surface area contributed by atoms with Gasteiger partial charge < -0.3 is 0 Å². The molecule has 0 radical (unpaired) electrons. The van der Waals surface area contributed by atoms with Gasteiger partial charge in [-0.05, 0) is 61.4 Å². The molecule has 0 N–H and O–H groups in total. The molecule has 32 heavy (non-hydrogen) atoms. The molecule has 2 amide bonds. The first-order chi connectivity index (χ1) is 15.3. The van der Waals surface area contributed by atoms with Gasteiger partial charge in [0.15, 0.2) is 0 Å². The Kier molecular flexibility index (Phi) is 6.65. The highest BCUT2D eigenvalue weighted by atomic mass is 35.5. The van der Waals surface area contributed by atoms with Crippen LogP contribution < -0.4 is 4.90 Å². The summed E-state index contributed by atoms with van der Waals surface area (Å²) in [6, 6.07) is 9.29. The van der Waals surface area contributed by atoms with Crippen LogP contribution in [-0.2, 0) is 19.6 Å². The number of hydrogen-bond acceptors (Lipinski definition) is 4. The topological polar surface area (TPSA) is 74.8 Å². The number of halogens is 2. The summed E-state index contributed by atoms with van der Waals surface area (Å²) < 4.78 is 42.0. The summed E-state index contributed by atoms with van der Waals surface area (Å²) in [7, 11) is -4.14. The van der Waals surface area contributed by atoms with Crippen LogP contribution in [0.25, 0.3) is 0 Å². The van der Waals surface area contributed by atoms with Gasteiger partial charge in [0.05, 0.1) is 17.0 Å². The summed E-state index contributed by atoms with van der Waals surface area (Å²) in [4.78, 5) is 27.2. The van der Waals surface area contributed by atoms with Crippen LogP contribution in [-0.4, -0.2) is 36.6 Å². The fraction of sp³-hybridized carbons (Fsp3) is 0.391. The minimum Gasteiger partial charge on any atom is -0.274 e. The molecule has 0 bridgehead atoms. The zero-order valence-corrected chi connectivity index (χ0v) is 19.0. The molecule has 1 aliphatic carbocycles. The fourth-order valence-electron chi connectivity index (χ4n) is 4.53. The lowest BCUT2D eigenvalue weighted by Crippen LogP contribution is -2.50. The van der Waals surface area contributed by atoms with Gasteiger partial charge in [0.2, 0.25) is 15.9 Å². The Labute approximate surface area is 192 Å². The lowest BCUT2D eigenvalue weighted by Gasteiger charge is -2.33. The molecule has 1 aliphatic heterocycles. The number of anilines is 1. The quantitative estimate of drug-likeness (QED) is 0.467. The van der Waals surface area contributed by atoms with Crippen molar-refractivity contribution in [1.82, 2.24) is 4.31 Å². The first kappa shape index (κ1) is 22.9. The van der Waals surface area contributed by atoms with E-state index in [0.29, 0.717) is 23.6 Å². The Morgan fingerprint density at radius 2 is 1.50 bits per heavy atom. The van der Waals surface area contributed by atoms with Gasteiger partial charge in [0.1, 0.15) is 11.9 Å². The number of carbonyl (C=O) groups is 2. The van der Waals surface area contributed by atoms with E-state index < -0.39 is 39.7 Å². The van der Waals surface area contributed by atoms with Gasteiger partial charge >= 0.3 is 0 Å². The molecule has 2 aliphatic rings. The van der Waals surface area contributed by atoms with Gasteiger partial charge in [-0.3, -0.25) is 9.59 Å². The Balaban J connectivity index is 1.74. The molecule has 4 rings (SSSR count). The van der Waals surface area contributed by atoms with Crippen molar-refractivity contribution < 1.29 is 22.4 Å². The molecule has 1 unspecified atom stereocenters. The highest BCUT2D eigenvalue weighted by Gasteiger charge is 2.49. The predicted octanol–water partition coefficient (Wildman–Crippen LogP) is 4.52. The second-order valence-electron chi connectivity index (χ2n) is 8.20. The summed E-state index contributed by atoms with van der Waals surface area (Å²) in [5, 5.41) is 0.461. The molecule has 9 heteroatoms. The van der Waals surface area contributed by atoms with Crippen molar-refractivity contribution in [3.63, 3.8) is 0 Å². The summed E-state index contributed by atoms with van der Waals surface area (Å²) in [5.74, 6) is -1.59. The predicted molar refractivity (Wildman–Crippen MR) is 119 cm³/mol. The minimum atomic E-state index is -4.14. The van der Waals surface area contributed by atoms with Gasteiger partial charge in [0, 0.05) is 11.1 Å². The van der Waals surface area contributed by atoms with Crippen molar-refractivity contribution in [1.29, 1.82) is 0 Å². The Morgan fingerprint density at radius 1 is 0.906 bits per heavy atom. The molecule has 1 saturated carbocycles. The summed E-state index contributed by atoms with van der Waals surface area (Å²) in [5.41, 5.74) is 0.354. The third-order valence-corrected chi connectivity index (χ3v) is 8.32. The molecule has 0 aromatic heterocycles. The Morgan fingerprint density at radius 3 is 2.09 bits per heavy atom. The van der Waals surface area contributed by atoms with E-state index in [1.807, 2.05) is 0 Å². The van der Waals surface area contributed by atoms with Crippen molar-refractivity contribution in [2.75, 3.05) is 4.90 Å². The molecule has 0 spiro atoms. The average molecular weight is 479 g/mol. The lowest BCUT2D eigenvalue weighted by molar-refractivity contribution is -0.122. The number of sulfonamides is 1. The summed E-state index contributed by atoms with van der Waals surface area (Å²) in [6.45, 7) is 0. The Hall–Kier alpha value is -2.29. The molecular weight excluding hydrogens is 455 g/mol. The molecule has 1 atom stereocenters. The number of amides is 2. The summed E-state index contributed by atoms with van der Waals surface area (Å²) >= 11 is 5.92. The highest BCUT2D eigenvalue weighted by molar-refractivity contribution is 7.89. The maximum absolute atomic E-state index is 13.7. The summed E-state index contributed by atoms with van der Waals surface area (Å²) in [6.07, 6.45) is 4.66. The third-order valence-electron chi connectivity index (χ3n) is 6.09. The van der Waals surface area contributed by atoms with Crippen LogP contribution in [0.5, 0.6) is 0 Å². The van der Waals surface area contributed by atoms with E-state index in [4.69, 9.17) is 11.6 Å². The van der Waals surface area contributed by atoms with Gasteiger partial charge in [-0.2, -0.15) is 4.31 Å². The van der Waals surface area contributed by atoms with Crippen molar-refractivity contribution in [2.45, 2.75) is 61.9 Å². The van der Waals surface area contributed by atoms with E-state index in [-0.39, 0.29) is 11.3 Å². The second-order valence-corrected chi connectivity index (χ2v) is 10.5. The number of hydrogen-bond donors (Lipinski definition) is 0. The second kappa shape index (κ2) is 9.29.